The number of fused-ring (bicyclic) bond motifs is 1. The molecule has 0 radical (unpaired) electrons. The summed E-state index contributed by atoms with van der Waals surface area (Å²) < 4.78 is 42.5. The maximum absolute atomic E-state index is 12.5. The number of alkyl halides is 3. The summed E-state index contributed by atoms with van der Waals surface area (Å²) in [6, 6.07) is 5.15. The number of aryl methyl sites for hydroxylation is 2. The van der Waals surface area contributed by atoms with Crippen LogP contribution in [0.25, 0.3) is 0 Å². The number of hydrogen-bond donors (Lipinski definition) is 1. The summed E-state index contributed by atoms with van der Waals surface area (Å²) in [7, 11) is 0. The molecule has 1 unspecified atom stereocenters. The highest BCUT2D eigenvalue weighted by molar-refractivity contribution is 5.71. The third-order valence-electron chi connectivity index (χ3n) is 3.43. The Hall–Kier alpha value is -1.72. The van der Waals surface area contributed by atoms with Gasteiger partial charge < -0.3 is 9.84 Å². The van der Waals surface area contributed by atoms with Crippen LogP contribution in [0.4, 0.5) is 13.2 Å². The molecule has 110 valence electrons. The van der Waals surface area contributed by atoms with Crippen molar-refractivity contribution < 1.29 is 27.8 Å². The third kappa shape index (κ3) is 3.43. The lowest BCUT2D eigenvalue weighted by Crippen LogP contribution is -2.35. The smallest absolute Gasteiger partial charge is 0.405 e. The van der Waals surface area contributed by atoms with Gasteiger partial charge in [0.25, 0.3) is 0 Å². The van der Waals surface area contributed by atoms with Gasteiger partial charge in [-0.1, -0.05) is 6.07 Å². The number of carbonyl (C=O) groups is 1. The molecule has 0 amide bonds. The molecule has 0 saturated carbocycles. The van der Waals surface area contributed by atoms with Crippen LogP contribution in [-0.2, 0) is 17.6 Å². The van der Waals surface area contributed by atoms with Crippen LogP contribution in [0.15, 0.2) is 18.2 Å². The molecule has 0 fully saturated rings. The van der Waals surface area contributed by atoms with Crippen LogP contribution in [0.5, 0.6) is 5.75 Å². The zero-order chi connectivity index (χ0) is 14.8. The second kappa shape index (κ2) is 5.73. The summed E-state index contributed by atoms with van der Waals surface area (Å²) >= 11 is 0. The van der Waals surface area contributed by atoms with E-state index in [4.69, 9.17) is 9.84 Å². The Balaban J connectivity index is 2.05. The fourth-order valence-corrected chi connectivity index (χ4v) is 2.28. The van der Waals surface area contributed by atoms with Gasteiger partial charge in [-0.05, 0) is 48.9 Å². The summed E-state index contributed by atoms with van der Waals surface area (Å²) in [4.78, 5) is 10.6. The van der Waals surface area contributed by atoms with Crippen molar-refractivity contribution in [3.63, 3.8) is 0 Å². The molecule has 2 rings (SSSR count). The Morgan fingerprint density at radius 2 is 1.90 bits per heavy atom. The number of benzene rings is 1. The van der Waals surface area contributed by atoms with E-state index in [1.54, 1.807) is 12.1 Å². The molecule has 0 bridgehead atoms. The third-order valence-corrected chi connectivity index (χ3v) is 3.43. The molecule has 1 aliphatic rings. The lowest BCUT2D eigenvalue weighted by Gasteiger charge is -2.19. The van der Waals surface area contributed by atoms with Gasteiger partial charge in [0.1, 0.15) is 12.4 Å². The predicted octanol–water partition coefficient (Wildman–Crippen LogP) is 3.21. The van der Waals surface area contributed by atoms with Crippen molar-refractivity contribution in [3.05, 3.63) is 29.3 Å². The van der Waals surface area contributed by atoms with Crippen LogP contribution in [0, 0.1) is 5.92 Å². The first-order valence-electron chi connectivity index (χ1n) is 6.42. The quantitative estimate of drug-likeness (QED) is 0.925. The number of rotatable bonds is 4. The molecule has 1 aromatic carbocycles. The average molecular weight is 288 g/mol. The van der Waals surface area contributed by atoms with Gasteiger partial charge in [-0.25, -0.2) is 0 Å². The predicted molar refractivity (Wildman–Crippen MR) is 65.8 cm³/mol. The highest BCUT2D eigenvalue weighted by atomic mass is 19.4. The summed E-state index contributed by atoms with van der Waals surface area (Å²) in [5.41, 5.74) is 2.27. The second-order valence-corrected chi connectivity index (χ2v) is 4.88. The van der Waals surface area contributed by atoms with Crippen LogP contribution in [-0.4, -0.2) is 23.9 Å². The lowest BCUT2D eigenvalue weighted by molar-refractivity contribution is -0.198. The van der Waals surface area contributed by atoms with Gasteiger partial charge >= 0.3 is 12.1 Å². The van der Waals surface area contributed by atoms with E-state index in [2.05, 4.69) is 0 Å². The van der Waals surface area contributed by atoms with Gasteiger partial charge in [-0.15, -0.1) is 0 Å². The summed E-state index contributed by atoms with van der Waals surface area (Å²) in [5.74, 6) is -4.13. The van der Waals surface area contributed by atoms with Crippen molar-refractivity contribution in [1.82, 2.24) is 0 Å². The molecule has 1 aromatic rings. The normalized spacial score (nSPS) is 16.4. The lowest BCUT2D eigenvalue weighted by atomic mass is 9.92. The largest absolute Gasteiger partial charge is 0.492 e. The zero-order valence-electron chi connectivity index (χ0n) is 10.7. The van der Waals surface area contributed by atoms with Crippen molar-refractivity contribution in [1.29, 1.82) is 0 Å². The number of hydrogen-bond acceptors (Lipinski definition) is 2. The minimum absolute atomic E-state index is 0.293. The zero-order valence-corrected chi connectivity index (χ0v) is 10.7. The Morgan fingerprint density at radius 1 is 1.25 bits per heavy atom. The molecule has 0 saturated heterocycles. The van der Waals surface area contributed by atoms with E-state index in [-0.39, 0.29) is 0 Å². The van der Waals surface area contributed by atoms with Gasteiger partial charge in [0.2, 0.25) is 0 Å². The standard InChI is InChI=1S/C14H15F3O3/c15-14(16,17)12(13(18)19)8-20-11-6-5-9-3-1-2-4-10(9)7-11/h5-7,12H,1-4,8H2,(H,18,19). The number of ether oxygens (including phenoxy) is 1. The fourth-order valence-electron chi connectivity index (χ4n) is 2.28. The van der Waals surface area contributed by atoms with E-state index in [0.29, 0.717) is 5.75 Å². The summed E-state index contributed by atoms with van der Waals surface area (Å²) in [5, 5.41) is 8.58. The van der Waals surface area contributed by atoms with E-state index < -0.39 is 24.7 Å². The molecule has 0 aromatic heterocycles. The molecule has 1 N–H and O–H groups in total. The van der Waals surface area contributed by atoms with Crippen molar-refractivity contribution in [3.8, 4) is 5.75 Å². The Labute approximate surface area is 114 Å². The fraction of sp³-hybridized carbons (Fsp3) is 0.500. The van der Waals surface area contributed by atoms with Gasteiger partial charge in [-0.2, -0.15) is 13.2 Å². The second-order valence-electron chi connectivity index (χ2n) is 4.88. The molecule has 0 heterocycles. The molecule has 20 heavy (non-hydrogen) atoms. The van der Waals surface area contributed by atoms with Crippen LogP contribution in [0.3, 0.4) is 0 Å². The summed E-state index contributed by atoms with van der Waals surface area (Å²) in [6.07, 6.45) is -0.788. The first-order valence-corrected chi connectivity index (χ1v) is 6.42. The Kier molecular flexibility index (Phi) is 4.20. The maximum atomic E-state index is 12.5. The average Bonchev–Trinajstić information content (AvgIpc) is 2.36. The first-order chi connectivity index (χ1) is 9.38. The van der Waals surface area contributed by atoms with Crippen LogP contribution in [0.1, 0.15) is 24.0 Å². The molecular weight excluding hydrogens is 273 g/mol. The van der Waals surface area contributed by atoms with Crippen LogP contribution >= 0.6 is 0 Å². The van der Waals surface area contributed by atoms with Gasteiger partial charge in [0.15, 0.2) is 5.92 Å². The molecule has 1 aliphatic carbocycles. The van der Waals surface area contributed by atoms with Crippen molar-refractivity contribution in [2.75, 3.05) is 6.61 Å². The van der Waals surface area contributed by atoms with Gasteiger partial charge in [-0.3, -0.25) is 4.79 Å². The molecule has 6 heteroatoms. The highest BCUT2D eigenvalue weighted by Crippen LogP contribution is 2.29. The molecule has 1 atom stereocenters. The minimum Gasteiger partial charge on any atom is -0.492 e. The van der Waals surface area contributed by atoms with E-state index in [0.717, 1.165) is 31.2 Å². The van der Waals surface area contributed by atoms with E-state index in [1.165, 1.54) is 5.56 Å². The number of carboxylic acid groups (broad SMARTS) is 1. The SMILES string of the molecule is O=C(O)C(COc1ccc2c(c1)CCCC2)C(F)(F)F. The van der Waals surface area contributed by atoms with E-state index in [1.807, 2.05) is 6.07 Å². The molecular formula is C14H15F3O3. The van der Waals surface area contributed by atoms with Crippen molar-refractivity contribution in [2.45, 2.75) is 31.9 Å². The number of aliphatic carboxylic acids is 1. The van der Waals surface area contributed by atoms with Crippen molar-refractivity contribution in [2.24, 2.45) is 5.92 Å². The van der Waals surface area contributed by atoms with Gasteiger partial charge in [0.05, 0.1) is 0 Å². The van der Waals surface area contributed by atoms with Crippen molar-refractivity contribution >= 4 is 5.97 Å². The Bertz CT molecular complexity index is 497. The van der Waals surface area contributed by atoms with Crippen LogP contribution in [0.2, 0.25) is 0 Å². The monoisotopic (exact) mass is 288 g/mol. The molecule has 3 nitrogen and oxygen atoms in total. The summed E-state index contributed by atoms with van der Waals surface area (Å²) in [6.45, 7) is -0.905. The Morgan fingerprint density at radius 3 is 2.50 bits per heavy atom. The molecule has 0 aliphatic heterocycles. The topological polar surface area (TPSA) is 46.5 Å². The highest BCUT2D eigenvalue weighted by Gasteiger charge is 2.45. The van der Waals surface area contributed by atoms with E-state index in [9.17, 15) is 18.0 Å². The number of carboxylic acids is 1. The van der Waals surface area contributed by atoms with Crippen LogP contribution < -0.4 is 4.74 Å². The molecule has 0 spiro atoms. The number of halogens is 3. The van der Waals surface area contributed by atoms with E-state index >= 15 is 0 Å². The maximum Gasteiger partial charge on any atom is 0.405 e. The minimum atomic E-state index is -4.81. The van der Waals surface area contributed by atoms with Gasteiger partial charge in [0, 0.05) is 0 Å². The first kappa shape index (κ1) is 14.7.